The van der Waals surface area contributed by atoms with Crippen LogP contribution in [0.25, 0.3) is 0 Å². The highest BCUT2D eigenvalue weighted by Crippen LogP contribution is 2.25. The van der Waals surface area contributed by atoms with E-state index >= 15 is 0 Å². The lowest BCUT2D eigenvalue weighted by Gasteiger charge is -2.14. The third-order valence-electron chi connectivity index (χ3n) is 3.20. The molecule has 3 nitrogen and oxygen atoms in total. The molecular weight excluding hydrogens is 271 g/mol. The van der Waals surface area contributed by atoms with Crippen LogP contribution >= 0.6 is 0 Å². The highest BCUT2D eigenvalue weighted by molar-refractivity contribution is 5.76. The van der Waals surface area contributed by atoms with Crippen LogP contribution in [-0.4, -0.2) is 17.7 Å². The van der Waals surface area contributed by atoms with Gasteiger partial charge in [-0.3, -0.25) is 4.79 Å². The Labute approximate surface area is 123 Å². The van der Waals surface area contributed by atoms with Crippen LogP contribution in [-0.2, 0) is 11.2 Å². The van der Waals surface area contributed by atoms with Gasteiger partial charge in [0.1, 0.15) is 11.6 Å². The average molecular weight is 288 g/mol. The number of carboxylic acids is 1. The molecule has 0 saturated heterocycles. The van der Waals surface area contributed by atoms with Gasteiger partial charge < -0.3 is 9.84 Å². The molecule has 2 aromatic carbocycles. The van der Waals surface area contributed by atoms with Gasteiger partial charge in [-0.25, -0.2) is 4.39 Å². The van der Waals surface area contributed by atoms with E-state index in [1.165, 1.54) is 12.1 Å². The van der Waals surface area contributed by atoms with Crippen LogP contribution in [0.15, 0.2) is 48.5 Å². The van der Waals surface area contributed by atoms with E-state index < -0.39 is 11.9 Å². The average Bonchev–Trinajstić information content (AvgIpc) is 2.45. The summed E-state index contributed by atoms with van der Waals surface area (Å²) >= 11 is 0. The van der Waals surface area contributed by atoms with Crippen molar-refractivity contribution in [2.45, 2.75) is 19.3 Å². The maximum atomic E-state index is 13.2. The van der Waals surface area contributed by atoms with E-state index in [9.17, 15) is 14.3 Å². The molecule has 1 unspecified atom stereocenters. The lowest BCUT2D eigenvalue weighted by atomic mass is 9.92. The molecule has 2 aromatic rings. The number of hydrogen-bond acceptors (Lipinski definition) is 2. The summed E-state index contributed by atoms with van der Waals surface area (Å²) < 4.78 is 18.6. The summed E-state index contributed by atoms with van der Waals surface area (Å²) in [7, 11) is 0. The standard InChI is InChI=1S/C17H17FO3/c1-2-21-15-8-4-6-13(11-15)16(17(19)20)10-12-5-3-7-14(18)9-12/h3-9,11,16H,2,10H2,1H3,(H,19,20). The van der Waals surface area contributed by atoms with Crippen LogP contribution in [0.4, 0.5) is 4.39 Å². The van der Waals surface area contributed by atoms with Gasteiger partial charge in [-0.1, -0.05) is 24.3 Å². The summed E-state index contributed by atoms with van der Waals surface area (Å²) in [5.41, 5.74) is 1.31. The Hall–Kier alpha value is -2.36. The smallest absolute Gasteiger partial charge is 0.311 e. The Bertz CT molecular complexity index is 625. The van der Waals surface area contributed by atoms with Crippen LogP contribution in [0.3, 0.4) is 0 Å². The van der Waals surface area contributed by atoms with Crippen molar-refractivity contribution in [3.8, 4) is 5.75 Å². The summed E-state index contributed by atoms with van der Waals surface area (Å²) in [4.78, 5) is 11.5. The lowest BCUT2D eigenvalue weighted by Crippen LogP contribution is -2.14. The SMILES string of the molecule is CCOc1cccc(C(Cc2cccc(F)c2)C(=O)O)c1. The molecule has 2 rings (SSSR count). The molecule has 0 aliphatic carbocycles. The minimum absolute atomic E-state index is 0.239. The second-order valence-electron chi connectivity index (χ2n) is 4.73. The number of ether oxygens (including phenoxy) is 1. The van der Waals surface area contributed by atoms with Gasteiger partial charge in [0.25, 0.3) is 0 Å². The van der Waals surface area contributed by atoms with Crippen molar-refractivity contribution in [2.24, 2.45) is 0 Å². The first-order chi connectivity index (χ1) is 10.1. The summed E-state index contributed by atoms with van der Waals surface area (Å²) in [6, 6.07) is 13.0. The molecule has 0 aliphatic heterocycles. The molecule has 0 spiro atoms. The molecule has 0 saturated carbocycles. The van der Waals surface area contributed by atoms with Crippen molar-refractivity contribution >= 4 is 5.97 Å². The fourth-order valence-electron chi connectivity index (χ4n) is 2.24. The van der Waals surface area contributed by atoms with Gasteiger partial charge in [0.2, 0.25) is 0 Å². The van der Waals surface area contributed by atoms with Crippen molar-refractivity contribution in [3.05, 3.63) is 65.5 Å². The quantitative estimate of drug-likeness (QED) is 0.882. The van der Waals surface area contributed by atoms with E-state index in [2.05, 4.69) is 0 Å². The van der Waals surface area contributed by atoms with E-state index in [-0.39, 0.29) is 12.2 Å². The Morgan fingerprint density at radius 1 is 1.24 bits per heavy atom. The number of rotatable bonds is 6. The first-order valence-corrected chi connectivity index (χ1v) is 6.80. The number of aliphatic carboxylic acids is 1. The second kappa shape index (κ2) is 6.88. The number of hydrogen-bond donors (Lipinski definition) is 1. The zero-order valence-electron chi connectivity index (χ0n) is 11.8. The van der Waals surface area contributed by atoms with Crippen LogP contribution < -0.4 is 4.74 Å². The van der Waals surface area contributed by atoms with Gasteiger partial charge in [0.05, 0.1) is 12.5 Å². The zero-order valence-corrected chi connectivity index (χ0v) is 11.8. The summed E-state index contributed by atoms with van der Waals surface area (Å²) in [5.74, 6) is -1.39. The van der Waals surface area contributed by atoms with Crippen LogP contribution in [0, 0.1) is 5.82 Å². The normalized spacial score (nSPS) is 11.9. The fourth-order valence-corrected chi connectivity index (χ4v) is 2.24. The maximum absolute atomic E-state index is 13.2. The lowest BCUT2D eigenvalue weighted by molar-refractivity contribution is -0.138. The molecule has 0 aliphatic rings. The fraction of sp³-hybridized carbons (Fsp3) is 0.235. The number of halogens is 1. The molecule has 0 bridgehead atoms. The zero-order chi connectivity index (χ0) is 15.2. The highest BCUT2D eigenvalue weighted by Gasteiger charge is 2.21. The predicted octanol–water partition coefficient (Wildman–Crippen LogP) is 3.64. The summed E-state index contributed by atoms with van der Waals surface area (Å²) in [6.07, 6.45) is 0.239. The largest absolute Gasteiger partial charge is 0.494 e. The molecule has 0 heterocycles. The first-order valence-electron chi connectivity index (χ1n) is 6.80. The van der Waals surface area contributed by atoms with Gasteiger partial charge >= 0.3 is 5.97 Å². The van der Waals surface area contributed by atoms with Crippen molar-refractivity contribution in [2.75, 3.05) is 6.61 Å². The number of carboxylic acid groups (broad SMARTS) is 1. The summed E-state index contributed by atoms with van der Waals surface area (Å²) in [5, 5.41) is 9.44. The minimum Gasteiger partial charge on any atom is -0.494 e. The molecule has 0 amide bonds. The van der Waals surface area contributed by atoms with Crippen LogP contribution in [0.1, 0.15) is 24.0 Å². The number of carbonyl (C=O) groups is 1. The highest BCUT2D eigenvalue weighted by atomic mass is 19.1. The molecule has 0 aromatic heterocycles. The molecule has 4 heteroatoms. The van der Waals surface area contributed by atoms with Gasteiger partial charge in [-0.15, -0.1) is 0 Å². The molecule has 21 heavy (non-hydrogen) atoms. The van der Waals surface area contributed by atoms with Crippen molar-refractivity contribution in [3.63, 3.8) is 0 Å². The topological polar surface area (TPSA) is 46.5 Å². The maximum Gasteiger partial charge on any atom is 0.311 e. The van der Waals surface area contributed by atoms with Gasteiger partial charge in [-0.2, -0.15) is 0 Å². The monoisotopic (exact) mass is 288 g/mol. The predicted molar refractivity (Wildman–Crippen MR) is 78.1 cm³/mol. The summed E-state index contributed by atoms with van der Waals surface area (Å²) in [6.45, 7) is 2.39. The van der Waals surface area contributed by atoms with Crippen molar-refractivity contribution in [1.29, 1.82) is 0 Å². The van der Waals surface area contributed by atoms with Gasteiger partial charge in [0, 0.05) is 0 Å². The minimum atomic E-state index is -0.937. The molecule has 1 atom stereocenters. The molecule has 110 valence electrons. The molecule has 1 N–H and O–H groups in total. The van der Waals surface area contributed by atoms with Crippen LogP contribution in [0.5, 0.6) is 5.75 Å². The van der Waals surface area contributed by atoms with Gasteiger partial charge in [0.15, 0.2) is 0 Å². The Kier molecular flexibility index (Phi) is 4.93. The first kappa shape index (κ1) is 15.0. The van der Waals surface area contributed by atoms with Crippen LogP contribution in [0.2, 0.25) is 0 Å². The molecule has 0 fully saturated rings. The van der Waals surface area contributed by atoms with E-state index in [1.807, 2.05) is 6.92 Å². The van der Waals surface area contributed by atoms with Crippen molar-refractivity contribution < 1.29 is 19.0 Å². The Morgan fingerprint density at radius 3 is 2.67 bits per heavy atom. The molecule has 0 radical (unpaired) electrons. The van der Waals surface area contributed by atoms with Crippen molar-refractivity contribution in [1.82, 2.24) is 0 Å². The second-order valence-corrected chi connectivity index (χ2v) is 4.73. The van der Waals surface area contributed by atoms with E-state index in [1.54, 1.807) is 36.4 Å². The van der Waals surface area contributed by atoms with E-state index in [0.29, 0.717) is 23.5 Å². The van der Waals surface area contributed by atoms with E-state index in [4.69, 9.17) is 4.74 Å². The third kappa shape index (κ3) is 4.05. The number of benzene rings is 2. The Morgan fingerprint density at radius 2 is 2.00 bits per heavy atom. The Balaban J connectivity index is 2.26. The third-order valence-corrected chi connectivity index (χ3v) is 3.20. The van der Waals surface area contributed by atoms with Gasteiger partial charge in [-0.05, 0) is 48.7 Å². The van der Waals surface area contributed by atoms with E-state index in [0.717, 1.165) is 0 Å². The molecular formula is C17H17FO3.